The molecule has 30 heavy (non-hydrogen) atoms. The van der Waals surface area contributed by atoms with Crippen molar-refractivity contribution < 1.29 is 4.79 Å². The number of urea groups is 1. The molecule has 8 heteroatoms. The summed E-state index contributed by atoms with van der Waals surface area (Å²) in [5.74, 6) is 1.49. The monoisotopic (exact) mass is 416 g/mol. The number of rotatable bonds is 7. The van der Waals surface area contributed by atoms with Crippen LogP contribution in [0.25, 0.3) is 5.82 Å². The SMILES string of the molecule is O=C(NCc1ccnc(-n2cccn2)c1)Nc1cccc(CSc2ccccn2)c1. The third-order valence-electron chi connectivity index (χ3n) is 4.21. The molecule has 0 saturated heterocycles. The summed E-state index contributed by atoms with van der Waals surface area (Å²) in [4.78, 5) is 20.9. The maximum absolute atomic E-state index is 12.3. The van der Waals surface area contributed by atoms with Crippen molar-refractivity contribution in [3.63, 3.8) is 0 Å². The number of aromatic nitrogens is 4. The van der Waals surface area contributed by atoms with E-state index >= 15 is 0 Å². The number of pyridine rings is 2. The highest BCUT2D eigenvalue weighted by Crippen LogP contribution is 2.22. The van der Waals surface area contributed by atoms with Gasteiger partial charge in [0.25, 0.3) is 0 Å². The van der Waals surface area contributed by atoms with Gasteiger partial charge < -0.3 is 10.6 Å². The summed E-state index contributed by atoms with van der Waals surface area (Å²) >= 11 is 1.66. The lowest BCUT2D eigenvalue weighted by atomic mass is 10.2. The van der Waals surface area contributed by atoms with E-state index in [4.69, 9.17) is 0 Å². The van der Waals surface area contributed by atoms with Crippen LogP contribution in [0.5, 0.6) is 0 Å². The zero-order valence-corrected chi connectivity index (χ0v) is 16.9. The minimum Gasteiger partial charge on any atom is -0.334 e. The molecule has 0 atom stereocenters. The quantitative estimate of drug-likeness (QED) is 0.439. The van der Waals surface area contributed by atoms with E-state index in [1.807, 2.05) is 66.9 Å². The van der Waals surface area contributed by atoms with Crippen LogP contribution in [0, 0.1) is 0 Å². The molecule has 2 N–H and O–H groups in total. The van der Waals surface area contributed by atoms with Gasteiger partial charge in [0.05, 0.1) is 5.03 Å². The molecule has 0 radical (unpaired) electrons. The summed E-state index contributed by atoms with van der Waals surface area (Å²) < 4.78 is 1.68. The van der Waals surface area contributed by atoms with Gasteiger partial charge in [-0.15, -0.1) is 11.8 Å². The number of nitrogens with zero attached hydrogens (tertiary/aromatic N) is 4. The fourth-order valence-electron chi connectivity index (χ4n) is 2.79. The average molecular weight is 417 g/mol. The van der Waals surface area contributed by atoms with Gasteiger partial charge in [0.15, 0.2) is 5.82 Å². The molecule has 0 unspecified atom stereocenters. The molecule has 150 valence electrons. The number of thioether (sulfide) groups is 1. The Balaban J connectivity index is 1.30. The van der Waals surface area contributed by atoms with Crippen molar-refractivity contribution in [2.75, 3.05) is 5.32 Å². The molecule has 0 saturated carbocycles. The third kappa shape index (κ3) is 5.45. The molecule has 2 amide bonds. The predicted octanol–water partition coefficient (Wildman–Crippen LogP) is 4.28. The first-order valence-electron chi connectivity index (χ1n) is 9.39. The Labute approximate surface area is 178 Å². The Bertz CT molecular complexity index is 1100. The second-order valence-corrected chi connectivity index (χ2v) is 7.43. The molecule has 4 rings (SSSR count). The largest absolute Gasteiger partial charge is 0.334 e. The van der Waals surface area contributed by atoms with Gasteiger partial charge in [0.1, 0.15) is 0 Å². The van der Waals surface area contributed by atoms with Crippen LogP contribution in [0.4, 0.5) is 10.5 Å². The topological polar surface area (TPSA) is 84.7 Å². The van der Waals surface area contributed by atoms with Crippen molar-refractivity contribution in [2.45, 2.75) is 17.3 Å². The van der Waals surface area contributed by atoms with E-state index in [2.05, 4.69) is 25.7 Å². The Morgan fingerprint density at radius 2 is 1.90 bits per heavy atom. The highest BCUT2D eigenvalue weighted by Gasteiger charge is 2.05. The van der Waals surface area contributed by atoms with Gasteiger partial charge in [-0.05, 0) is 53.6 Å². The first-order chi connectivity index (χ1) is 14.8. The van der Waals surface area contributed by atoms with Gasteiger partial charge >= 0.3 is 6.03 Å². The summed E-state index contributed by atoms with van der Waals surface area (Å²) in [5, 5.41) is 10.9. The second-order valence-electron chi connectivity index (χ2n) is 6.44. The lowest BCUT2D eigenvalue weighted by Crippen LogP contribution is -2.28. The molecule has 0 aliphatic carbocycles. The smallest absolute Gasteiger partial charge is 0.319 e. The van der Waals surface area contributed by atoms with Crippen LogP contribution in [0.2, 0.25) is 0 Å². The number of hydrogen-bond donors (Lipinski definition) is 2. The van der Waals surface area contributed by atoms with Crippen LogP contribution in [0.3, 0.4) is 0 Å². The van der Waals surface area contributed by atoms with Crippen LogP contribution < -0.4 is 10.6 Å². The van der Waals surface area contributed by atoms with Gasteiger partial charge in [0.2, 0.25) is 0 Å². The van der Waals surface area contributed by atoms with E-state index in [0.29, 0.717) is 12.4 Å². The van der Waals surface area contributed by atoms with Crippen LogP contribution in [0.15, 0.2) is 90.5 Å². The highest BCUT2D eigenvalue weighted by molar-refractivity contribution is 7.98. The summed E-state index contributed by atoms with van der Waals surface area (Å²) in [5.41, 5.74) is 2.80. The van der Waals surface area contributed by atoms with Crippen LogP contribution in [-0.4, -0.2) is 25.8 Å². The molecule has 7 nitrogen and oxygen atoms in total. The standard InChI is InChI=1S/C22H20N6OS/c29-22(25-15-17-8-11-23-20(14-17)28-12-4-10-26-28)27-19-6-3-5-18(13-19)16-30-21-7-1-2-9-24-21/h1-14H,15-16H2,(H2,25,27,29). The lowest BCUT2D eigenvalue weighted by molar-refractivity contribution is 0.251. The molecule has 0 fully saturated rings. The molecule has 1 aromatic carbocycles. The van der Waals surface area contributed by atoms with E-state index < -0.39 is 0 Å². The number of amides is 2. The normalized spacial score (nSPS) is 10.5. The van der Waals surface area contributed by atoms with Crippen molar-refractivity contribution in [2.24, 2.45) is 0 Å². The molecular weight excluding hydrogens is 396 g/mol. The van der Waals surface area contributed by atoms with Crippen molar-refractivity contribution in [1.82, 2.24) is 25.1 Å². The Morgan fingerprint density at radius 1 is 0.933 bits per heavy atom. The Morgan fingerprint density at radius 3 is 2.73 bits per heavy atom. The number of anilines is 1. The number of nitrogens with one attached hydrogen (secondary N) is 2. The molecule has 0 bridgehead atoms. The van der Waals surface area contributed by atoms with Crippen LogP contribution >= 0.6 is 11.8 Å². The maximum atomic E-state index is 12.3. The number of hydrogen-bond acceptors (Lipinski definition) is 5. The number of carbonyl (C=O) groups is 1. The fraction of sp³-hybridized carbons (Fsp3) is 0.0909. The van der Waals surface area contributed by atoms with Crippen molar-refractivity contribution in [3.8, 4) is 5.82 Å². The molecular formula is C22H20N6OS. The first kappa shape index (κ1) is 19.7. The first-order valence-corrected chi connectivity index (χ1v) is 10.4. The number of benzene rings is 1. The molecule has 3 heterocycles. The van der Waals surface area contributed by atoms with Gasteiger partial charge in [-0.3, -0.25) is 0 Å². The molecule has 0 spiro atoms. The Hall–Kier alpha value is -3.65. The van der Waals surface area contributed by atoms with Crippen LogP contribution in [0.1, 0.15) is 11.1 Å². The van der Waals surface area contributed by atoms with Gasteiger partial charge in [-0.25, -0.2) is 19.4 Å². The average Bonchev–Trinajstić information content (AvgIpc) is 3.33. The molecule has 4 aromatic rings. The lowest BCUT2D eigenvalue weighted by Gasteiger charge is -2.10. The minimum atomic E-state index is -0.262. The molecule has 0 aliphatic heterocycles. The van der Waals surface area contributed by atoms with Crippen molar-refractivity contribution in [3.05, 3.63) is 96.6 Å². The Kier molecular flexibility index (Phi) is 6.36. The summed E-state index contributed by atoms with van der Waals surface area (Å²) in [6.45, 7) is 0.387. The maximum Gasteiger partial charge on any atom is 0.319 e. The van der Waals surface area contributed by atoms with E-state index in [-0.39, 0.29) is 6.03 Å². The van der Waals surface area contributed by atoms with Crippen LogP contribution in [-0.2, 0) is 12.3 Å². The molecule has 3 aromatic heterocycles. The summed E-state index contributed by atoms with van der Waals surface area (Å²) in [6, 6.07) is 19.0. The predicted molar refractivity (Wildman–Crippen MR) is 117 cm³/mol. The van der Waals surface area contributed by atoms with Gasteiger partial charge in [0, 0.05) is 42.8 Å². The van der Waals surface area contributed by atoms with Crippen molar-refractivity contribution >= 4 is 23.5 Å². The zero-order valence-electron chi connectivity index (χ0n) is 16.1. The van der Waals surface area contributed by atoms with E-state index in [0.717, 1.165) is 27.6 Å². The third-order valence-corrected chi connectivity index (χ3v) is 5.23. The van der Waals surface area contributed by atoms with E-state index in [1.165, 1.54) is 0 Å². The fourth-order valence-corrected chi connectivity index (χ4v) is 3.59. The highest BCUT2D eigenvalue weighted by atomic mass is 32.2. The minimum absolute atomic E-state index is 0.262. The molecule has 0 aliphatic rings. The van der Waals surface area contributed by atoms with Gasteiger partial charge in [-0.2, -0.15) is 5.10 Å². The summed E-state index contributed by atoms with van der Waals surface area (Å²) in [7, 11) is 0. The van der Waals surface area contributed by atoms with E-state index in [9.17, 15) is 4.79 Å². The van der Waals surface area contributed by atoms with Gasteiger partial charge in [-0.1, -0.05) is 18.2 Å². The summed E-state index contributed by atoms with van der Waals surface area (Å²) in [6.07, 6.45) is 7.01. The number of carbonyl (C=O) groups excluding carboxylic acids is 1. The van der Waals surface area contributed by atoms with Crippen molar-refractivity contribution in [1.29, 1.82) is 0 Å². The van der Waals surface area contributed by atoms with E-state index in [1.54, 1.807) is 35.0 Å². The second kappa shape index (κ2) is 9.71. The zero-order chi connectivity index (χ0) is 20.6.